The van der Waals surface area contributed by atoms with Crippen LogP contribution in [0.5, 0.6) is 0 Å². The molecule has 1 rings (SSSR count). The van der Waals surface area contributed by atoms with Gasteiger partial charge >= 0.3 is 0 Å². The minimum atomic E-state index is 0. The molecule has 1 unspecified atom stereocenters. The molecule has 0 aliphatic heterocycles. The minimum absolute atomic E-state index is 0. The second-order valence-electron chi connectivity index (χ2n) is 7.59. The Labute approximate surface area is 151 Å². The molecule has 134 valence electrons. The van der Waals surface area contributed by atoms with Crippen LogP contribution in [0.4, 0.5) is 0 Å². The Morgan fingerprint density at radius 2 is 1.48 bits per heavy atom. The molecule has 23 heavy (non-hydrogen) atoms. The van der Waals surface area contributed by atoms with Gasteiger partial charge in [-0.25, -0.2) is 0 Å². The van der Waals surface area contributed by atoms with E-state index in [2.05, 4.69) is 58.3 Å². The highest BCUT2D eigenvalue weighted by atomic mass is 35.5. The van der Waals surface area contributed by atoms with Crippen molar-refractivity contribution in [3.63, 3.8) is 0 Å². The van der Waals surface area contributed by atoms with Gasteiger partial charge in [0, 0.05) is 11.5 Å². The van der Waals surface area contributed by atoms with Gasteiger partial charge in [-0.2, -0.15) is 0 Å². The van der Waals surface area contributed by atoms with Crippen molar-refractivity contribution in [1.82, 2.24) is 0 Å². The fourth-order valence-electron chi connectivity index (χ4n) is 3.48. The number of benzene rings is 1. The van der Waals surface area contributed by atoms with Gasteiger partial charge in [0.15, 0.2) is 0 Å². The van der Waals surface area contributed by atoms with Crippen molar-refractivity contribution < 1.29 is 16.9 Å². The first-order valence-electron chi connectivity index (χ1n) is 9.43. The van der Waals surface area contributed by atoms with E-state index >= 15 is 0 Å². The van der Waals surface area contributed by atoms with Crippen LogP contribution in [0.15, 0.2) is 30.3 Å². The molecule has 0 saturated carbocycles. The first-order chi connectivity index (χ1) is 10.6. The monoisotopic (exact) mass is 339 g/mol. The van der Waals surface area contributed by atoms with Crippen LogP contribution in [0.25, 0.3) is 0 Å². The van der Waals surface area contributed by atoms with Crippen molar-refractivity contribution in [2.75, 3.05) is 20.6 Å². The maximum absolute atomic E-state index is 2.39. The van der Waals surface area contributed by atoms with E-state index in [4.69, 9.17) is 0 Å². The van der Waals surface area contributed by atoms with Gasteiger partial charge in [-0.05, 0) is 12.8 Å². The second-order valence-corrected chi connectivity index (χ2v) is 7.59. The number of rotatable bonds is 12. The van der Waals surface area contributed by atoms with Gasteiger partial charge in [0.2, 0.25) is 0 Å². The average molecular weight is 340 g/mol. The van der Waals surface area contributed by atoms with Gasteiger partial charge in [-0.15, -0.1) is 0 Å². The first-order valence-corrected chi connectivity index (χ1v) is 9.43. The van der Waals surface area contributed by atoms with Crippen LogP contribution in [-0.2, 0) is 6.54 Å². The zero-order chi connectivity index (χ0) is 16.3. The summed E-state index contributed by atoms with van der Waals surface area (Å²) in [5, 5.41) is 0. The zero-order valence-corrected chi connectivity index (χ0v) is 16.6. The van der Waals surface area contributed by atoms with E-state index < -0.39 is 0 Å². The van der Waals surface area contributed by atoms with E-state index in [0.29, 0.717) is 0 Å². The van der Waals surface area contributed by atoms with Gasteiger partial charge < -0.3 is 16.9 Å². The molecule has 1 aromatic rings. The summed E-state index contributed by atoms with van der Waals surface area (Å²) in [7, 11) is 4.77. The topological polar surface area (TPSA) is 0 Å². The van der Waals surface area contributed by atoms with Crippen LogP contribution in [0.3, 0.4) is 0 Å². The number of unbranched alkanes of at least 4 members (excludes halogenated alkanes) is 5. The third-order valence-electron chi connectivity index (χ3n) is 4.75. The fraction of sp³-hybridized carbons (Fsp3) is 0.714. The SMILES string of the molecule is CCCCCCCCC(CC)C[N+](C)(C)Cc1ccccc1.[Cl-]. The van der Waals surface area contributed by atoms with Crippen molar-refractivity contribution in [3.05, 3.63) is 35.9 Å². The van der Waals surface area contributed by atoms with Gasteiger partial charge in [0.05, 0.1) is 20.6 Å². The fourth-order valence-corrected chi connectivity index (χ4v) is 3.48. The Morgan fingerprint density at radius 3 is 2.09 bits per heavy atom. The second kappa shape index (κ2) is 12.8. The standard InChI is InChI=1S/C21H38N.ClH/c1-5-7-8-9-10-12-15-20(6-2)18-22(3,4)19-21-16-13-11-14-17-21;/h11,13-14,16-17,20H,5-10,12,15,18-19H2,1-4H3;1H/q+1;/p-1. The lowest BCUT2D eigenvalue weighted by Crippen LogP contribution is -3.00. The molecule has 1 nitrogen and oxygen atoms in total. The Hall–Kier alpha value is -0.530. The molecule has 0 radical (unpaired) electrons. The van der Waals surface area contributed by atoms with E-state index in [1.54, 1.807) is 0 Å². The maximum atomic E-state index is 2.39. The summed E-state index contributed by atoms with van der Waals surface area (Å²) < 4.78 is 1.11. The summed E-state index contributed by atoms with van der Waals surface area (Å²) >= 11 is 0. The predicted molar refractivity (Wildman–Crippen MR) is 98.9 cm³/mol. The summed E-state index contributed by atoms with van der Waals surface area (Å²) in [4.78, 5) is 0. The Bertz CT molecular complexity index is 375. The first kappa shape index (κ1) is 22.5. The number of quaternary nitrogens is 1. The highest BCUT2D eigenvalue weighted by molar-refractivity contribution is 5.13. The van der Waals surface area contributed by atoms with Crippen LogP contribution in [0, 0.1) is 5.92 Å². The summed E-state index contributed by atoms with van der Waals surface area (Å²) in [5.41, 5.74) is 1.46. The Balaban J connectivity index is 0.00000484. The van der Waals surface area contributed by atoms with Gasteiger partial charge in [0.25, 0.3) is 0 Å². The van der Waals surface area contributed by atoms with Crippen LogP contribution < -0.4 is 12.4 Å². The number of hydrogen-bond donors (Lipinski definition) is 0. The lowest BCUT2D eigenvalue weighted by Gasteiger charge is -2.33. The third-order valence-corrected chi connectivity index (χ3v) is 4.75. The molecule has 2 heteroatoms. The summed E-state index contributed by atoms with van der Waals surface area (Å²) in [5.74, 6) is 0.880. The molecule has 1 atom stereocenters. The van der Waals surface area contributed by atoms with Crippen molar-refractivity contribution in [2.45, 2.75) is 71.8 Å². The Kier molecular flexibility index (Phi) is 12.5. The molecule has 1 aromatic carbocycles. The Morgan fingerprint density at radius 1 is 0.870 bits per heavy atom. The smallest absolute Gasteiger partial charge is 0.104 e. The van der Waals surface area contributed by atoms with Gasteiger partial charge in [0.1, 0.15) is 6.54 Å². The molecule has 0 spiro atoms. The lowest BCUT2D eigenvalue weighted by molar-refractivity contribution is -0.907. The van der Waals surface area contributed by atoms with E-state index in [0.717, 1.165) is 16.9 Å². The van der Waals surface area contributed by atoms with Gasteiger partial charge in [-0.1, -0.05) is 82.7 Å². The molecule has 0 N–H and O–H groups in total. The minimum Gasteiger partial charge on any atom is -1.00 e. The van der Waals surface area contributed by atoms with Crippen molar-refractivity contribution in [1.29, 1.82) is 0 Å². The van der Waals surface area contributed by atoms with E-state index in [1.165, 1.54) is 63.5 Å². The number of nitrogens with zero attached hydrogens (tertiary/aromatic N) is 1. The predicted octanol–water partition coefficient (Wildman–Crippen LogP) is 3.04. The normalized spacial score (nSPS) is 12.7. The molecule has 0 heterocycles. The van der Waals surface area contributed by atoms with Crippen molar-refractivity contribution in [2.24, 2.45) is 5.92 Å². The zero-order valence-electron chi connectivity index (χ0n) is 15.9. The molecule has 0 fully saturated rings. The summed E-state index contributed by atoms with van der Waals surface area (Å²) in [6.07, 6.45) is 11.2. The lowest BCUT2D eigenvalue weighted by atomic mass is 9.96. The highest BCUT2D eigenvalue weighted by Gasteiger charge is 2.21. The van der Waals surface area contributed by atoms with Crippen LogP contribution in [0.2, 0.25) is 0 Å². The third kappa shape index (κ3) is 10.8. The molecule has 0 bridgehead atoms. The van der Waals surface area contributed by atoms with Crippen molar-refractivity contribution in [3.8, 4) is 0 Å². The van der Waals surface area contributed by atoms with E-state index in [-0.39, 0.29) is 12.4 Å². The number of halogens is 1. The summed E-state index contributed by atoms with van der Waals surface area (Å²) in [6.45, 7) is 7.11. The maximum Gasteiger partial charge on any atom is 0.104 e. The summed E-state index contributed by atoms with van der Waals surface area (Å²) in [6, 6.07) is 10.9. The van der Waals surface area contributed by atoms with E-state index in [9.17, 15) is 0 Å². The highest BCUT2D eigenvalue weighted by Crippen LogP contribution is 2.20. The molecule has 0 amide bonds. The molecule has 0 aliphatic carbocycles. The molecule has 0 aromatic heterocycles. The number of hydrogen-bond acceptors (Lipinski definition) is 0. The quantitative estimate of drug-likeness (QED) is 0.405. The molecule has 0 aliphatic rings. The molecule has 0 saturated heterocycles. The van der Waals surface area contributed by atoms with Crippen molar-refractivity contribution >= 4 is 0 Å². The molecular formula is C21H38ClN. The van der Waals surface area contributed by atoms with E-state index in [1.807, 2.05) is 0 Å². The molecular weight excluding hydrogens is 302 g/mol. The van der Waals surface area contributed by atoms with Crippen LogP contribution >= 0.6 is 0 Å². The van der Waals surface area contributed by atoms with Crippen LogP contribution in [0.1, 0.15) is 70.8 Å². The van der Waals surface area contributed by atoms with Gasteiger partial charge in [-0.3, -0.25) is 0 Å². The largest absolute Gasteiger partial charge is 1.00 e. The van der Waals surface area contributed by atoms with Crippen LogP contribution in [-0.4, -0.2) is 25.1 Å². The average Bonchev–Trinajstić information content (AvgIpc) is 2.50.